The summed E-state index contributed by atoms with van der Waals surface area (Å²) in [4.78, 5) is 23.1. The SMILES string of the molecule is O=C(CBr)c1ccc(Oc2cccc(C(=O)CBr)c2)cc1. The molecule has 0 N–H and O–H groups in total. The van der Waals surface area contributed by atoms with Crippen molar-refractivity contribution in [1.82, 2.24) is 0 Å². The third-order valence-corrected chi connectivity index (χ3v) is 3.83. The summed E-state index contributed by atoms with van der Waals surface area (Å²) in [7, 11) is 0. The van der Waals surface area contributed by atoms with E-state index in [0.29, 0.717) is 28.0 Å². The molecular weight excluding hydrogens is 400 g/mol. The number of hydrogen-bond donors (Lipinski definition) is 0. The summed E-state index contributed by atoms with van der Waals surface area (Å²) in [5.74, 6) is 1.22. The monoisotopic (exact) mass is 410 g/mol. The molecule has 0 atom stereocenters. The first-order chi connectivity index (χ1) is 10.1. The first-order valence-electron chi connectivity index (χ1n) is 6.20. The lowest BCUT2D eigenvalue weighted by Gasteiger charge is -2.07. The van der Waals surface area contributed by atoms with Gasteiger partial charge in [0.1, 0.15) is 11.5 Å². The lowest BCUT2D eigenvalue weighted by Crippen LogP contribution is -2.00. The Labute approximate surface area is 139 Å². The van der Waals surface area contributed by atoms with Gasteiger partial charge in [-0.05, 0) is 36.4 Å². The Morgan fingerprint density at radius 1 is 0.810 bits per heavy atom. The van der Waals surface area contributed by atoms with E-state index in [0.717, 1.165) is 0 Å². The molecule has 108 valence electrons. The zero-order chi connectivity index (χ0) is 15.2. The molecule has 3 nitrogen and oxygen atoms in total. The van der Waals surface area contributed by atoms with Crippen LogP contribution in [0.3, 0.4) is 0 Å². The van der Waals surface area contributed by atoms with Gasteiger partial charge in [0.15, 0.2) is 11.6 Å². The predicted octanol–water partition coefficient (Wildman–Crippen LogP) is 4.63. The van der Waals surface area contributed by atoms with Crippen LogP contribution >= 0.6 is 31.9 Å². The van der Waals surface area contributed by atoms with Crippen molar-refractivity contribution in [3.8, 4) is 11.5 Å². The van der Waals surface area contributed by atoms with Gasteiger partial charge in [0, 0.05) is 11.1 Å². The van der Waals surface area contributed by atoms with Gasteiger partial charge in [-0.15, -0.1) is 0 Å². The lowest BCUT2D eigenvalue weighted by molar-refractivity contribution is 0.101. The van der Waals surface area contributed by atoms with Gasteiger partial charge >= 0.3 is 0 Å². The maximum Gasteiger partial charge on any atom is 0.173 e. The highest BCUT2D eigenvalue weighted by molar-refractivity contribution is 9.09. The van der Waals surface area contributed by atoms with Crippen molar-refractivity contribution in [3.05, 3.63) is 59.7 Å². The van der Waals surface area contributed by atoms with Gasteiger partial charge in [0.2, 0.25) is 0 Å². The second-order valence-corrected chi connectivity index (χ2v) is 5.39. The van der Waals surface area contributed by atoms with Crippen molar-refractivity contribution >= 4 is 43.4 Å². The van der Waals surface area contributed by atoms with Gasteiger partial charge < -0.3 is 4.74 Å². The van der Waals surface area contributed by atoms with E-state index in [-0.39, 0.29) is 16.9 Å². The molecule has 2 aromatic rings. The average molecular weight is 412 g/mol. The molecule has 0 amide bonds. The molecule has 0 unspecified atom stereocenters. The van der Waals surface area contributed by atoms with Crippen molar-refractivity contribution < 1.29 is 14.3 Å². The van der Waals surface area contributed by atoms with Gasteiger partial charge in [0.25, 0.3) is 0 Å². The van der Waals surface area contributed by atoms with Gasteiger partial charge in [-0.25, -0.2) is 0 Å². The van der Waals surface area contributed by atoms with E-state index in [9.17, 15) is 9.59 Å². The Morgan fingerprint density at radius 2 is 1.43 bits per heavy atom. The molecule has 2 aromatic carbocycles. The summed E-state index contributed by atoms with van der Waals surface area (Å²) < 4.78 is 5.69. The summed E-state index contributed by atoms with van der Waals surface area (Å²) >= 11 is 6.28. The Bertz CT molecular complexity index is 651. The fourth-order valence-electron chi connectivity index (χ4n) is 1.73. The predicted molar refractivity (Wildman–Crippen MR) is 89.2 cm³/mol. The quantitative estimate of drug-likeness (QED) is 0.513. The minimum atomic E-state index is -0.00119. The molecule has 0 bridgehead atoms. The molecule has 21 heavy (non-hydrogen) atoms. The fourth-order valence-corrected chi connectivity index (χ4v) is 2.38. The Hall–Kier alpha value is -1.46. The van der Waals surface area contributed by atoms with Crippen LogP contribution < -0.4 is 4.74 Å². The van der Waals surface area contributed by atoms with Crippen LogP contribution in [0.1, 0.15) is 20.7 Å². The molecule has 5 heteroatoms. The van der Waals surface area contributed by atoms with Crippen LogP contribution in [0.25, 0.3) is 0 Å². The number of carbonyl (C=O) groups is 2. The number of ketones is 2. The van der Waals surface area contributed by atoms with Gasteiger partial charge in [0.05, 0.1) is 10.7 Å². The minimum Gasteiger partial charge on any atom is -0.457 e. The number of rotatable bonds is 6. The van der Waals surface area contributed by atoms with Crippen LogP contribution in [0.2, 0.25) is 0 Å². The number of halogens is 2. The first-order valence-corrected chi connectivity index (χ1v) is 8.44. The minimum absolute atomic E-state index is 0.00119. The van der Waals surface area contributed by atoms with Crippen molar-refractivity contribution in [2.45, 2.75) is 0 Å². The van der Waals surface area contributed by atoms with Crippen LogP contribution in [0, 0.1) is 0 Å². The standard InChI is InChI=1S/C16H12Br2O3/c17-9-15(19)11-4-6-13(7-5-11)21-14-3-1-2-12(8-14)16(20)10-18/h1-8H,9-10H2. The maximum atomic E-state index is 11.6. The Balaban J connectivity index is 2.15. The Morgan fingerprint density at radius 3 is 2.05 bits per heavy atom. The van der Waals surface area contributed by atoms with E-state index in [4.69, 9.17) is 4.74 Å². The van der Waals surface area contributed by atoms with Crippen LogP contribution in [0.4, 0.5) is 0 Å². The van der Waals surface area contributed by atoms with E-state index in [1.165, 1.54) is 0 Å². The van der Waals surface area contributed by atoms with Crippen LogP contribution in [0.15, 0.2) is 48.5 Å². The molecule has 0 aliphatic carbocycles. The summed E-state index contributed by atoms with van der Waals surface area (Å²) in [6.07, 6.45) is 0. The number of benzene rings is 2. The van der Waals surface area contributed by atoms with Crippen LogP contribution in [-0.2, 0) is 0 Å². The zero-order valence-electron chi connectivity index (χ0n) is 11.0. The number of alkyl halides is 2. The molecule has 0 aliphatic rings. The maximum absolute atomic E-state index is 11.6. The Kier molecular flexibility index (Phi) is 5.70. The zero-order valence-corrected chi connectivity index (χ0v) is 14.2. The van der Waals surface area contributed by atoms with E-state index in [1.54, 1.807) is 48.5 Å². The van der Waals surface area contributed by atoms with Crippen LogP contribution in [0.5, 0.6) is 11.5 Å². The van der Waals surface area contributed by atoms with Crippen molar-refractivity contribution in [2.24, 2.45) is 0 Å². The smallest absolute Gasteiger partial charge is 0.173 e. The first kappa shape index (κ1) is 15.9. The van der Waals surface area contributed by atoms with Crippen LogP contribution in [-0.4, -0.2) is 22.2 Å². The second kappa shape index (κ2) is 7.52. The third-order valence-electron chi connectivity index (χ3n) is 2.81. The van der Waals surface area contributed by atoms with E-state index < -0.39 is 0 Å². The molecule has 0 spiro atoms. The van der Waals surface area contributed by atoms with Gasteiger partial charge in [-0.2, -0.15) is 0 Å². The summed E-state index contributed by atoms with van der Waals surface area (Å²) in [6.45, 7) is 0. The molecule has 0 fully saturated rings. The lowest BCUT2D eigenvalue weighted by atomic mass is 10.1. The largest absolute Gasteiger partial charge is 0.457 e. The van der Waals surface area contributed by atoms with Gasteiger partial charge in [-0.3, -0.25) is 9.59 Å². The highest BCUT2D eigenvalue weighted by atomic mass is 79.9. The normalized spacial score (nSPS) is 10.2. The number of ether oxygens (including phenoxy) is 1. The second-order valence-electron chi connectivity index (χ2n) is 4.27. The third kappa shape index (κ3) is 4.25. The van der Waals surface area contributed by atoms with Crippen molar-refractivity contribution in [2.75, 3.05) is 10.7 Å². The number of carbonyl (C=O) groups excluding carboxylic acids is 2. The molecular formula is C16H12Br2O3. The molecule has 0 radical (unpaired) electrons. The fraction of sp³-hybridized carbons (Fsp3) is 0.125. The summed E-state index contributed by atoms with van der Waals surface area (Å²) in [6, 6.07) is 13.9. The molecule has 0 saturated heterocycles. The van der Waals surface area contributed by atoms with Crippen molar-refractivity contribution in [1.29, 1.82) is 0 Å². The molecule has 0 saturated carbocycles. The number of hydrogen-bond acceptors (Lipinski definition) is 3. The van der Waals surface area contributed by atoms with E-state index in [2.05, 4.69) is 31.9 Å². The van der Waals surface area contributed by atoms with Crippen molar-refractivity contribution in [3.63, 3.8) is 0 Å². The topological polar surface area (TPSA) is 43.4 Å². The molecule has 0 heterocycles. The molecule has 2 rings (SSSR count). The highest BCUT2D eigenvalue weighted by Gasteiger charge is 2.07. The molecule has 0 aliphatic heterocycles. The number of Topliss-reactive ketones (excluding diaryl/α,β-unsaturated/α-hetero) is 2. The summed E-state index contributed by atoms with van der Waals surface area (Å²) in [5, 5.41) is 0.573. The highest BCUT2D eigenvalue weighted by Crippen LogP contribution is 2.23. The average Bonchev–Trinajstić information content (AvgIpc) is 2.54. The summed E-state index contributed by atoms with van der Waals surface area (Å²) in [5.41, 5.74) is 1.22. The van der Waals surface area contributed by atoms with E-state index in [1.807, 2.05) is 0 Å². The van der Waals surface area contributed by atoms with Gasteiger partial charge in [-0.1, -0.05) is 44.0 Å². The van der Waals surface area contributed by atoms with E-state index >= 15 is 0 Å². The molecule has 0 aromatic heterocycles.